The summed E-state index contributed by atoms with van der Waals surface area (Å²) in [5, 5.41) is 0.136. The van der Waals surface area contributed by atoms with Crippen LogP contribution < -0.4 is 0 Å². The molecule has 0 fully saturated rings. The minimum Gasteiger partial charge on any atom is -0.454 e. The lowest BCUT2D eigenvalue weighted by Gasteiger charge is -1.90. The van der Waals surface area contributed by atoms with Gasteiger partial charge in [0.25, 0.3) is 0 Å². The Kier molecular flexibility index (Phi) is 1.06. The van der Waals surface area contributed by atoms with Gasteiger partial charge >= 0.3 is 0 Å². The Morgan fingerprint density at radius 2 is 2.07 bits per heavy atom. The molecule has 3 heteroatoms. The van der Waals surface area contributed by atoms with E-state index in [4.69, 9.17) is 24.2 Å². The quantitative estimate of drug-likeness (QED) is 0.567. The number of furan rings is 1. The molecule has 74 valence electrons. The van der Waals surface area contributed by atoms with Crippen LogP contribution in [0.4, 0.5) is 0 Å². The van der Waals surface area contributed by atoms with Crippen molar-refractivity contribution in [3.63, 3.8) is 0 Å². The molecule has 0 unspecified atom stereocenters. The molecule has 1 heterocycles. The zero-order chi connectivity index (χ0) is 15.6. The SMILES string of the molecule is [2H]c1c(Br)c([2H])c2c(oc3c(Cl)c([2H])c([2H])c([2H])c32)c1[2H]. The monoisotopic (exact) mass is 286 g/mol. The number of para-hydroxylation sites is 1. The molecule has 0 aliphatic carbocycles. The summed E-state index contributed by atoms with van der Waals surface area (Å²) in [7, 11) is 0. The van der Waals surface area contributed by atoms with Gasteiger partial charge < -0.3 is 4.42 Å². The van der Waals surface area contributed by atoms with Crippen LogP contribution in [0.1, 0.15) is 8.22 Å². The summed E-state index contributed by atoms with van der Waals surface area (Å²) in [4.78, 5) is 0. The molecule has 0 aliphatic rings. The summed E-state index contributed by atoms with van der Waals surface area (Å²) in [6, 6.07) is -1.53. The molecule has 3 rings (SSSR count). The summed E-state index contributed by atoms with van der Waals surface area (Å²) >= 11 is 9.08. The molecule has 0 aliphatic heterocycles. The number of halogens is 2. The van der Waals surface area contributed by atoms with Crippen molar-refractivity contribution in [1.29, 1.82) is 0 Å². The summed E-state index contributed by atoms with van der Waals surface area (Å²) in [5.41, 5.74) is -0.0410. The third-order valence-corrected chi connectivity index (χ3v) is 2.65. The van der Waals surface area contributed by atoms with Gasteiger partial charge in [0.15, 0.2) is 5.58 Å². The predicted molar refractivity (Wildman–Crippen MR) is 66.4 cm³/mol. The van der Waals surface area contributed by atoms with E-state index < -0.39 is 0 Å². The first-order chi connectivity index (χ1) is 9.77. The number of benzene rings is 2. The number of hydrogen-bond acceptors (Lipinski definition) is 1. The molecular formula is C12H6BrClO. The van der Waals surface area contributed by atoms with E-state index in [1.807, 2.05) is 0 Å². The van der Waals surface area contributed by atoms with Gasteiger partial charge in [-0.05, 0) is 24.2 Å². The van der Waals surface area contributed by atoms with Gasteiger partial charge in [-0.1, -0.05) is 39.6 Å². The molecule has 0 radical (unpaired) electrons. The van der Waals surface area contributed by atoms with Gasteiger partial charge in [0, 0.05) is 15.2 Å². The van der Waals surface area contributed by atoms with Crippen LogP contribution in [0.25, 0.3) is 21.9 Å². The van der Waals surface area contributed by atoms with Crippen LogP contribution in [-0.4, -0.2) is 0 Å². The fourth-order valence-corrected chi connectivity index (χ4v) is 1.85. The molecule has 3 aromatic rings. The van der Waals surface area contributed by atoms with Gasteiger partial charge in [-0.2, -0.15) is 0 Å². The zero-order valence-corrected chi connectivity index (χ0v) is 9.51. The Morgan fingerprint density at radius 1 is 1.20 bits per heavy atom. The maximum absolute atomic E-state index is 8.07. The second-order valence-corrected chi connectivity index (χ2v) is 4.06. The van der Waals surface area contributed by atoms with Crippen LogP contribution in [0.5, 0.6) is 0 Å². The van der Waals surface area contributed by atoms with E-state index in [2.05, 4.69) is 15.9 Å². The van der Waals surface area contributed by atoms with E-state index in [9.17, 15) is 0 Å². The normalized spacial score (nSPS) is 16.9. The summed E-state index contributed by atoms with van der Waals surface area (Å²) in [6.07, 6.45) is 0. The van der Waals surface area contributed by atoms with E-state index >= 15 is 0 Å². The van der Waals surface area contributed by atoms with E-state index in [0.717, 1.165) is 0 Å². The fourth-order valence-electron chi connectivity index (χ4n) is 1.37. The van der Waals surface area contributed by atoms with E-state index in [1.165, 1.54) is 0 Å². The van der Waals surface area contributed by atoms with Crippen LogP contribution in [0, 0.1) is 0 Å². The summed E-state index contributed by atoms with van der Waals surface area (Å²) in [5.74, 6) is 0. The highest BCUT2D eigenvalue weighted by Gasteiger charge is 2.08. The topological polar surface area (TPSA) is 13.1 Å². The minimum absolute atomic E-state index is 0.00262. The molecule has 0 amide bonds. The van der Waals surface area contributed by atoms with E-state index in [1.54, 1.807) is 0 Å². The summed E-state index contributed by atoms with van der Waals surface area (Å²) in [6.45, 7) is 0. The van der Waals surface area contributed by atoms with Crippen molar-refractivity contribution in [2.24, 2.45) is 0 Å². The second kappa shape index (κ2) is 3.26. The molecule has 1 aromatic heterocycles. The Balaban J connectivity index is 2.73. The first-order valence-corrected chi connectivity index (χ1v) is 5.21. The van der Waals surface area contributed by atoms with Crippen LogP contribution in [0.15, 0.2) is 45.1 Å². The van der Waals surface area contributed by atoms with Gasteiger partial charge in [0.05, 0.1) is 13.2 Å². The first kappa shape index (κ1) is 4.89. The van der Waals surface area contributed by atoms with Crippen LogP contribution in [0.2, 0.25) is 5.02 Å². The average molecular weight is 288 g/mol. The van der Waals surface area contributed by atoms with Crippen molar-refractivity contribution in [3.8, 4) is 0 Å². The summed E-state index contributed by atoms with van der Waals surface area (Å²) < 4.78 is 52.7. The maximum Gasteiger partial charge on any atom is 0.153 e. The Bertz CT molecular complexity index is 861. The molecule has 0 saturated heterocycles. The Hall–Kier alpha value is -0.990. The van der Waals surface area contributed by atoms with Crippen molar-refractivity contribution in [1.82, 2.24) is 0 Å². The van der Waals surface area contributed by atoms with Gasteiger partial charge in [0.1, 0.15) is 5.58 Å². The van der Waals surface area contributed by atoms with Gasteiger partial charge in [0.2, 0.25) is 0 Å². The fraction of sp³-hybridized carbons (Fsp3) is 0. The molecule has 2 aromatic carbocycles. The molecule has 0 bridgehead atoms. The molecule has 1 nitrogen and oxygen atoms in total. The van der Waals surface area contributed by atoms with Crippen molar-refractivity contribution in [3.05, 3.63) is 45.7 Å². The lowest BCUT2D eigenvalue weighted by molar-refractivity contribution is 0.669. The van der Waals surface area contributed by atoms with Crippen molar-refractivity contribution in [2.75, 3.05) is 0 Å². The molecule has 0 saturated carbocycles. The molecular weight excluding hydrogens is 275 g/mol. The molecule has 0 N–H and O–H groups in total. The largest absolute Gasteiger partial charge is 0.454 e. The molecule has 0 atom stereocenters. The van der Waals surface area contributed by atoms with E-state index in [-0.39, 0.29) is 67.7 Å². The van der Waals surface area contributed by atoms with Gasteiger partial charge in [-0.3, -0.25) is 0 Å². The van der Waals surface area contributed by atoms with Crippen LogP contribution >= 0.6 is 27.5 Å². The standard InChI is InChI=1S/C12H6BrClO/c13-7-4-5-11-9(6-7)8-2-1-3-10(14)12(8)15-11/h1-6H/i1D,2D,3D,4D,5D,6D. The first-order valence-electron chi connectivity index (χ1n) is 7.04. The van der Waals surface area contributed by atoms with Crippen molar-refractivity contribution >= 4 is 49.5 Å². The Labute approximate surface area is 108 Å². The minimum atomic E-state index is -0.368. The number of fused-ring (bicyclic) bond motifs is 3. The lowest BCUT2D eigenvalue weighted by Crippen LogP contribution is -1.67. The molecule has 0 spiro atoms. The van der Waals surface area contributed by atoms with Gasteiger partial charge in [-0.25, -0.2) is 0 Å². The van der Waals surface area contributed by atoms with Crippen LogP contribution in [0.3, 0.4) is 0 Å². The average Bonchev–Trinajstić information content (AvgIpc) is 2.87. The van der Waals surface area contributed by atoms with Crippen molar-refractivity contribution < 1.29 is 12.6 Å². The smallest absolute Gasteiger partial charge is 0.153 e. The lowest BCUT2D eigenvalue weighted by atomic mass is 10.1. The highest BCUT2D eigenvalue weighted by atomic mass is 79.9. The number of rotatable bonds is 0. The molecule has 15 heavy (non-hydrogen) atoms. The third-order valence-electron chi connectivity index (χ3n) is 1.99. The van der Waals surface area contributed by atoms with Gasteiger partial charge in [-0.15, -0.1) is 0 Å². The predicted octanol–water partition coefficient (Wildman–Crippen LogP) is 5.00. The zero-order valence-electron chi connectivity index (χ0n) is 13.2. The highest BCUT2D eigenvalue weighted by Crippen LogP contribution is 2.34. The highest BCUT2D eigenvalue weighted by molar-refractivity contribution is 9.10. The number of hydrogen-bond donors (Lipinski definition) is 0. The third kappa shape index (κ3) is 1.36. The van der Waals surface area contributed by atoms with E-state index in [0.29, 0.717) is 0 Å². The maximum atomic E-state index is 8.07. The Morgan fingerprint density at radius 3 is 2.93 bits per heavy atom. The van der Waals surface area contributed by atoms with Crippen LogP contribution in [-0.2, 0) is 0 Å². The van der Waals surface area contributed by atoms with Crippen molar-refractivity contribution in [2.45, 2.75) is 0 Å². The second-order valence-electron chi connectivity index (χ2n) is 2.89.